The summed E-state index contributed by atoms with van der Waals surface area (Å²) in [4.78, 5) is 0. The van der Waals surface area contributed by atoms with Gasteiger partial charge in [0.2, 0.25) is 0 Å². The van der Waals surface area contributed by atoms with Crippen LogP contribution in [0, 0.1) is 0 Å². The molecule has 0 radical (unpaired) electrons. The fourth-order valence-corrected chi connectivity index (χ4v) is 1.14. The number of rotatable bonds is 3. The molecule has 0 aliphatic carbocycles. The van der Waals surface area contributed by atoms with E-state index in [1.165, 1.54) is 0 Å². The summed E-state index contributed by atoms with van der Waals surface area (Å²) in [6, 6.07) is 0. The molecule has 0 spiro atoms. The minimum Gasteiger partial charge on any atom is -0.383 e. The summed E-state index contributed by atoms with van der Waals surface area (Å²) in [7, 11) is 3.41. The van der Waals surface area contributed by atoms with Crippen LogP contribution in [0.2, 0.25) is 0 Å². The van der Waals surface area contributed by atoms with Crippen molar-refractivity contribution in [2.45, 2.75) is 5.38 Å². The summed E-state index contributed by atoms with van der Waals surface area (Å²) in [5, 5.41) is 7.28. The topological polar surface area (TPSA) is 39.9 Å². The van der Waals surface area contributed by atoms with Crippen LogP contribution in [0.5, 0.6) is 0 Å². The number of methoxy groups -OCH3 is 1. The first kappa shape index (κ1) is 8.49. The summed E-state index contributed by atoms with van der Waals surface area (Å²) in [6.45, 7) is 0.475. The molecule has 1 atom stereocenters. The Bertz CT molecular complexity index is 225. The molecule has 0 saturated carbocycles. The summed E-state index contributed by atoms with van der Waals surface area (Å²) >= 11 is 5.93. The fraction of sp³-hybridized carbons (Fsp3) is 0.667. The Hall–Kier alpha value is -0.610. The van der Waals surface area contributed by atoms with Gasteiger partial charge in [0.25, 0.3) is 0 Å². The zero-order valence-corrected chi connectivity index (χ0v) is 7.25. The first-order chi connectivity index (χ1) is 5.25. The second-order valence-electron chi connectivity index (χ2n) is 2.21. The summed E-state index contributed by atoms with van der Waals surface area (Å²) in [6.07, 6.45) is 1.64. The van der Waals surface area contributed by atoms with Gasteiger partial charge in [0.15, 0.2) is 0 Å². The molecule has 0 aromatic carbocycles. The molecule has 0 saturated heterocycles. The van der Waals surface area contributed by atoms with E-state index in [0.717, 1.165) is 5.69 Å². The Labute approximate surface area is 70.1 Å². The normalized spacial score (nSPS) is 13.4. The monoisotopic (exact) mass is 175 g/mol. The van der Waals surface area contributed by atoms with Crippen molar-refractivity contribution in [3.63, 3.8) is 0 Å². The molecule has 1 unspecified atom stereocenters. The Morgan fingerprint density at radius 2 is 2.55 bits per heavy atom. The SMILES string of the molecule is COCC(Cl)c1cnnn1C. The van der Waals surface area contributed by atoms with Crippen molar-refractivity contribution in [3.05, 3.63) is 11.9 Å². The predicted octanol–water partition coefficient (Wildman–Crippen LogP) is 0.741. The quantitative estimate of drug-likeness (QED) is 0.637. The maximum atomic E-state index is 5.93. The van der Waals surface area contributed by atoms with Gasteiger partial charge in [-0.3, -0.25) is 4.68 Å². The lowest BCUT2D eigenvalue weighted by atomic mass is 10.3. The third-order valence-corrected chi connectivity index (χ3v) is 1.73. The summed E-state index contributed by atoms with van der Waals surface area (Å²) < 4.78 is 6.52. The molecule has 0 fully saturated rings. The van der Waals surface area contributed by atoms with Crippen molar-refractivity contribution in [1.29, 1.82) is 0 Å². The number of aromatic nitrogens is 3. The first-order valence-electron chi connectivity index (χ1n) is 3.23. The number of ether oxygens (including phenoxy) is 1. The van der Waals surface area contributed by atoms with E-state index in [9.17, 15) is 0 Å². The molecule has 0 aliphatic heterocycles. The molecule has 1 heterocycles. The average Bonchev–Trinajstić information content (AvgIpc) is 2.36. The van der Waals surface area contributed by atoms with Crippen LogP contribution < -0.4 is 0 Å². The largest absolute Gasteiger partial charge is 0.383 e. The van der Waals surface area contributed by atoms with Crippen LogP contribution in [0.15, 0.2) is 6.20 Å². The third kappa shape index (κ3) is 1.91. The molecule has 62 valence electrons. The van der Waals surface area contributed by atoms with Crippen molar-refractivity contribution >= 4 is 11.6 Å². The molecule has 0 N–H and O–H groups in total. The Balaban J connectivity index is 2.67. The van der Waals surface area contributed by atoms with Crippen molar-refractivity contribution in [3.8, 4) is 0 Å². The van der Waals surface area contributed by atoms with Crippen LogP contribution in [-0.4, -0.2) is 28.7 Å². The number of hydrogen-bond donors (Lipinski definition) is 0. The minimum absolute atomic E-state index is 0.167. The van der Waals surface area contributed by atoms with Gasteiger partial charge in [-0.05, 0) is 0 Å². The second-order valence-corrected chi connectivity index (χ2v) is 2.73. The molecule has 0 bridgehead atoms. The minimum atomic E-state index is -0.167. The Morgan fingerprint density at radius 1 is 1.82 bits per heavy atom. The summed E-state index contributed by atoms with van der Waals surface area (Å²) in [5.74, 6) is 0. The zero-order valence-electron chi connectivity index (χ0n) is 6.49. The lowest BCUT2D eigenvalue weighted by Crippen LogP contribution is -2.05. The molecule has 4 nitrogen and oxygen atoms in total. The standard InChI is InChI=1S/C6H10ClN3O/c1-10-6(3-8-9-10)5(7)4-11-2/h3,5H,4H2,1-2H3. The maximum Gasteiger partial charge on any atom is 0.100 e. The van der Waals surface area contributed by atoms with Crippen LogP contribution in [0.25, 0.3) is 0 Å². The lowest BCUT2D eigenvalue weighted by molar-refractivity contribution is 0.196. The van der Waals surface area contributed by atoms with Gasteiger partial charge in [-0.2, -0.15) is 0 Å². The van der Waals surface area contributed by atoms with Gasteiger partial charge in [0.05, 0.1) is 18.5 Å². The highest BCUT2D eigenvalue weighted by Gasteiger charge is 2.11. The van der Waals surface area contributed by atoms with E-state index < -0.39 is 0 Å². The highest BCUT2D eigenvalue weighted by atomic mass is 35.5. The van der Waals surface area contributed by atoms with Crippen LogP contribution in [0.4, 0.5) is 0 Å². The Morgan fingerprint density at radius 3 is 3.00 bits per heavy atom. The number of hydrogen-bond acceptors (Lipinski definition) is 3. The first-order valence-corrected chi connectivity index (χ1v) is 3.67. The molecular formula is C6H10ClN3O. The highest BCUT2D eigenvalue weighted by Crippen LogP contribution is 2.17. The molecule has 1 aromatic heterocycles. The number of aryl methyl sites for hydroxylation is 1. The molecule has 11 heavy (non-hydrogen) atoms. The van der Waals surface area contributed by atoms with Gasteiger partial charge in [0.1, 0.15) is 5.38 Å². The number of alkyl halides is 1. The van der Waals surface area contributed by atoms with Crippen molar-refractivity contribution in [2.24, 2.45) is 7.05 Å². The van der Waals surface area contributed by atoms with E-state index in [-0.39, 0.29) is 5.38 Å². The smallest absolute Gasteiger partial charge is 0.100 e. The van der Waals surface area contributed by atoms with Gasteiger partial charge < -0.3 is 4.74 Å². The highest BCUT2D eigenvalue weighted by molar-refractivity contribution is 6.20. The van der Waals surface area contributed by atoms with E-state index in [1.807, 2.05) is 0 Å². The van der Waals surface area contributed by atoms with Crippen molar-refractivity contribution < 1.29 is 4.74 Å². The van der Waals surface area contributed by atoms with Gasteiger partial charge >= 0.3 is 0 Å². The van der Waals surface area contributed by atoms with E-state index in [2.05, 4.69) is 10.3 Å². The molecule has 5 heteroatoms. The zero-order chi connectivity index (χ0) is 8.27. The third-order valence-electron chi connectivity index (χ3n) is 1.38. The van der Waals surface area contributed by atoms with Gasteiger partial charge in [-0.15, -0.1) is 16.7 Å². The maximum absolute atomic E-state index is 5.93. The van der Waals surface area contributed by atoms with Crippen molar-refractivity contribution in [2.75, 3.05) is 13.7 Å². The Kier molecular flexibility index (Phi) is 2.84. The van der Waals surface area contributed by atoms with Crippen LogP contribution in [0.3, 0.4) is 0 Å². The van der Waals surface area contributed by atoms with Gasteiger partial charge in [0, 0.05) is 14.2 Å². The van der Waals surface area contributed by atoms with E-state index in [0.29, 0.717) is 6.61 Å². The fourth-order valence-electron chi connectivity index (χ4n) is 0.813. The van der Waals surface area contributed by atoms with E-state index >= 15 is 0 Å². The molecular weight excluding hydrogens is 166 g/mol. The average molecular weight is 176 g/mol. The van der Waals surface area contributed by atoms with Crippen LogP contribution in [0.1, 0.15) is 11.1 Å². The number of nitrogens with zero attached hydrogens (tertiary/aromatic N) is 3. The van der Waals surface area contributed by atoms with Crippen LogP contribution >= 0.6 is 11.6 Å². The predicted molar refractivity (Wildman–Crippen MR) is 41.5 cm³/mol. The second kappa shape index (κ2) is 3.69. The van der Waals surface area contributed by atoms with Gasteiger partial charge in [-0.25, -0.2) is 0 Å². The molecule has 0 aliphatic rings. The van der Waals surface area contributed by atoms with E-state index in [1.54, 1.807) is 25.0 Å². The summed E-state index contributed by atoms with van der Waals surface area (Å²) in [5.41, 5.74) is 0.869. The van der Waals surface area contributed by atoms with E-state index in [4.69, 9.17) is 16.3 Å². The van der Waals surface area contributed by atoms with Crippen molar-refractivity contribution in [1.82, 2.24) is 15.0 Å². The lowest BCUT2D eigenvalue weighted by Gasteiger charge is -2.06. The molecule has 1 rings (SSSR count). The number of halogens is 1. The molecule has 1 aromatic rings. The van der Waals surface area contributed by atoms with Crippen LogP contribution in [-0.2, 0) is 11.8 Å². The van der Waals surface area contributed by atoms with Gasteiger partial charge in [-0.1, -0.05) is 5.21 Å². The molecule has 0 amide bonds.